The van der Waals surface area contributed by atoms with Crippen LogP contribution in [0.4, 0.5) is 4.39 Å². The van der Waals surface area contributed by atoms with E-state index in [2.05, 4.69) is 15.5 Å². The zero-order chi connectivity index (χ0) is 18.8. The van der Waals surface area contributed by atoms with Crippen LogP contribution in [0.5, 0.6) is 0 Å². The van der Waals surface area contributed by atoms with Gasteiger partial charge in [0.1, 0.15) is 11.6 Å². The van der Waals surface area contributed by atoms with E-state index >= 15 is 0 Å². The van der Waals surface area contributed by atoms with Crippen molar-refractivity contribution in [2.75, 3.05) is 7.11 Å². The van der Waals surface area contributed by atoms with E-state index in [1.54, 1.807) is 42.0 Å². The zero-order valence-electron chi connectivity index (χ0n) is 14.6. The molecule has 2 aromatic heterocycles. The minimum absolute atomic E-state index is 0.262. The molecule has 0 radical (unpaired) electrons. The maximum Gasteiger partial charge on any atom is 0.259 e. The molecule has 0 fully saturated rings. The smallest absolute Gasteiger partial charge is 0.259 e. The van der Waals surface area contributed by atoms with Crippen LogP contribution in [-0.4, -0.2) is 27.6 Å². The van der Waals surface area contributed by atoms with Crippen LogP contribution in [0.25, 0.3) is 17.0 Å². The number of rotatable bonds is 4. The van der Waals surface area contributed by atoms with Crippen LogP contribution in [0, 0.1) is 5.82 Å². The molecule has 3 aromatic rings. The standard InChI is InChI=1S/C20H17FN4O2/c1-27-16-5-2-4-15(12-16)22-20(26)17-6-3-11-25-18(23-24-19(17)25)13-7-9-14(21)10-8-13/h3,5-12H,2,4H2,1H3,(H,22,26). The van der Waals surface area contributed by atoms with Crippen molar-refractivity contribution >= 4 is 11.6 Å². The van der Waals surface area contributed by atoms with Crippen LogP contribution in [0.3, 0.4) is 0 Å². The highest BCUT2D eigenvalue weighted by Gasteiger charge is 2.17. The quantitative estimate of drug-likeness (QED) is 0.770. The number of nitrogens with one attached hydrogen (secondary N) is 1. The number of fused-ring (bicyclic) bond motifs is 1. The van der Waals surface area contributed by atoms with Gasteiger partial charge in [0.2, 0.25) is 0 Å². The second-order valence-corrected chi connectivity index (χ2v) is 6.12. The molecule has 0 unspecified atom stereocenters. The number of benzene rings is 1. The van der Waals surface area contributed by atoms with Gasteiger partial charge in [-0.2, -0.15) is 0 Å². The molecule has 7 heteroatoms. The van der Waals surface area contributed by atoms with E-state index in [1.807, 2.05) is 12.2 Å². The highest BCUT2D eigenvalue weighted by atomic mass is 19.1. The fourth-order valence-electron chi connectivity index (χ4n) is 3.02. The molecule has 6 nitrogen and oxygen atoms in total. The van der Waals surface area contributed by atoms with E-state index in [0.29, 0.717) is 22.6 Å². The Hall–Kier alpha value is -3.48. The second kappa shape index (κ2) is 7.03. The van der Waals surface area contributed by atoms with Crippen molar-refractivity contribution in [1.29, 1.82) is 0 Å². The van der Waals surface area contributed by atoms with E-state index in [0.717, 1.165) is 24.3 Å². The molecule has 136 valence electrons. The number of allylic oxidation sites excluding steroid dienone is 3. The molecule has 27 heavy (non-hydrogen) atoms. The Morgan fingerprint density at radius 2 is 2.04 bits per heavy atom. The first-order valence-corrected chi connectivity index (χ1v) is 8.51. The highest BCUT2D eigenvalue weighted by Crippen LogP contribution is 2.21. The lowest BCUT2D eigenvalue weighted by Crippen LogP contribution is -2.24. The number of halogens is 1. The minimum Gasteiger partial charge on any atom is -0.497 e. The zero-order valence-corrected chi connectivity index (χ0v) is 14.6. The predicted molar refractivity (Wildman–Crippen MR) is 98.3 cm³/mol. The van der Waals surface area contributed by atoms with E-state index in [4.69, 9.17) is 4.74 Å². The summed E-state index contributed by atoms with van der Waals surface area (Å²) in [6.07, 6.45) is 7.10. The lowest BCUT2D eigenvalue weighted by atomic mass is 10.1. The van der Waals surface area contributed by atoms with Crippen LogP contribution in [-0.2, 0) is 4.74 Å². The molecule has 1 aliphatic carbocycles. The fraction of sp³-hybridized carbons (Fsp3) is 0.150. The Balaban J connectivity index is 1.67. The molecule has 0 saturated carbocycles. The van der Waals surface area contributed by atoms with Crippen molar-refractivity contribution in [1.82, 2.24) is 19.9 Å². The van der Waals surface area contributed by atoms with Crippen molar-refractivity contribution < 1.29 is 13.9 Å². The number of pyridine rings is 1. The minimum atomic E-state index is -0.321. The average molecular weight is 364 g/mol. The summed E-state index contributed by atoms with van der Waals surface area (Å²) in [5, 5.41) is 11.3. The lowest BCUT2D eigenvalue weighted by Gasteiger charge is -2.14. The van der Waals surface area contributed by atoms with Crippen LogP contribution < -0.4 is 5.32 Å². The maximum absolute atomic E-state index is 13.2. The van der Waals surface area contributed by atoms with E-state index in [1.165, 1.54) is 12.1 Å². The Morgan fingerprint density at radius 3 is 2.81 bits per heavy atom. The van der Waals surface area contributed by atoms with Crippen molar-refractivity contribution in [3.63, 3.8) is 0 Å². The normalized spacial score (nSPS) is 13.9. The number of nitrogens with zero attached hydrogens (tertiary/aromatic N) is 3. The molecule has 0 saturated heterocycles. The first-order chi connectivity index (χ1) is 13.2. The molecule has 4 rings (SSSR count). The summed E-state index contributed by atoms with van der Waals surface area (Å²) in [5.41, 5.74) is 2.35. The summed E-state index contributed by atoms with van der Waals surface area (Å²) >= 11 is 0. The van der Waals surface area contributed by atoms with Gasteiger partial charge in [0.05, 0.1) is 12.7 Å². The van der Waals surface area contributed by atoms with Gasteiger partial charge in [-0.05, 0) is 61.4 Å². The molecule has 1 aliphatic rings. The summed E-state index contributed by atoms with van der Waals surface area (Å²) < 4.78 is 20.1. The molecular weight excluding hydrogens is 347 g/mol. The van der Waals surface area contributed by atoms with Crippen LogP contribution in [0.2, 0.25) is 0 Å². The van der Waals surface area contributed by atoms with Crippen LogP contribution in [0.1, 0.15) is 23.2 Å². The molecule has 0 atom stereocenters. The van der Waals surface area contributed by atoms with Crippen molar-refractivity contribution in [3.8, 4) is 11.4 Å². The Morgan fingerprint density at radius 1 is 1.22 bits per heavy atom. The van der Waals surface area contributed by atoms with E-state index in [-0.39, 0.29) is 11.7 Å². The Kier molecular flexibility index (Phi) is 4.42. The number of amides is 1. The van der Waals surface area contributed by atoms with Gasteiger partial charge >= 0.3 is 0 Å². The number of hydrogen-bond acceptors (Lipinski definition) is 4. The number of hydrogen-bond donors (Lipinski definition) is 1. The number of carbonyl (C=O) groups excluding carboxylic acids is 1. The van der Waals surface area contributed by atoms with Crippen molar-refractivity contribution in [3.05, 3.63) is 77.6 Å². The molecule has 0 bridgehead atoms. The van der Waals surface area contributed by atoms with E-state index in [9.17, 15) is 9.18 Å². The predicted octanol–water partition coefficient (Wildman–Crippen LogP) is 3.47. The molecule has 0 aliphatic heterocycles. The number of methoxy groups -OCH3 is 1. The van der Waals surface area contributed by atoms with Crippen molar-refractivity contribution in [2.24, 2.45) is 0 Å². The summed E-state index contributed by atoms with van der Waals surface area (Å²) in [5.74, 6) is 0.692. The summed E-state index contributed by atoms with van der Waals surface area (Å²) in [4.78, 5) is 12.8. The summed E-state index contributed by atoms with van der Waals surface area (Å²) in [7, 11) is 1.60. The highest BCUT2D eigenvalue weighted by molar-refractivity contribution is 6.00. The van der Waals surface area contributed by atoms with Crippen LogP contribution in [0.15, 0.2) is 66.2 Å². The van der Waals surface area contributed by atoms with Crippen molar-refractivity contribution in [2.45, 2.75) is 12.8 Å². The third-order valence-corrected chi connectivity index (χ3v) is 4.37. The first kappa shape index (κ1) is 17.0. The third kappa shape index (κ3) is 3.31. The molecule has 1 N–H and O–H groups in total. The molecular formula is C20H17FN4O2. The maximum atomic E-state index is 13.2. The van der Waals surface area contributed by atoms with Gasteiger partial charge in [-0.25, -0.2) is 4.39 Å². The average Bonchev–Trinajstić information content (AvgIpc) is 3.13. The van der Waals surface area contributed by atoms with Gasteiger partial charge in [0.15, 0.2) is 11.5 Å². The molecule has 0 spiro atoms. The summed E-state index contributed by atoms with van der Waals surface area (Å²) in [6.45, 7) is 0. The Labute approximate surface area is 155 Å². The number of aromatic nitrogens is 3. The van der Waals surface area contributed by atoms with Gasteiger partial charge in [-0.3, -0.25) is 9.20 Å². The number of ether oxygens (including phenoxy) is 1. The largest absolute Gasteiger partial charge is 0.497 e. The fourth-order valence-corrected chi connectivity index (χ4v) is 3.02. The van der Waals surface area contributed by atoms with E-state index < -0.39 is 0 Å². The van der Waals surface area contributed by atoms with Gasteiger partial charge in [-0.15, -0.1) is 10.2 Å². The molecule has 1 aromatic carbocycles. The monoisotopic (exact) mass is 364 g/mol. The summed E-state index contributed by atoms with van der Waals surface area (Å²) in [6, 6.07) is 9.44. The Bertz CT molecular complexity index is 1070. The lowest BCUT2D eigenvalue weighted by molar-refractivity contribution is 0.0965. The van der Waals surface area contributed by atoms with Gasteiger partial charge < -0.3 is 10.1 Å². The topological polar surface area (TPSA) is 68.5 Å². The van der Waals surface area contributed by atoms with Crippen LogP contribution >= 0.6 is 0 Å². The molecule has 1 amide bonds. The van der Waals surface area contributed by atoms with Gasteiger partial charge in [0, 0.05) is 17.5 Å². The van der Waals surface area contributed by atoms with Gasteiger partial charge in [-0.1, -0.05) is 0 Å². The molecule has 2 heterocycles. The number of carbonyl (C=O) groups is 1. The third-order valence-electron chi connectivity index (χ3n) is 4.37. The first-order valence-electron chi connectivity index (χ1n) is 8.51. The SMILES string of the molecule is COC1=CCCC(NC(=O)c2cccn3c(-c4ccc(F)cc4)nnc23)=C1. The second-order valence-electron chi connectivity index (χ2n) is 6.12. The van der Waals surface area contributed by atoms with Gasteiger partial charge in [0.25, 0.3) is 5.91 Å².